The predicted molar refractivity (Wildman–Crippen MR) is 139 cm³/mol. The lowest BCUT2D eigenvalue weighted by molar-refractivity contribution is -0.117. The highest BCUT2D eigenvalue weighted by atomic mass is 32.2. The molecule has 8 heteroatoms. The number of amides is 2. The molecule has 1 saturated carbocycles. The average Bonchev–Trinajstić information content (AvgIpc) is 3.65. The lowest BCUT2D eigenvalue weighted by Crippen LogP contribution is -2.17. The lowest BCUT2D eigenvalue weighted by Gasteiger charge is -2.12. The van der Waals surface area contributed by atoms with Crippen molar-refractivity contribution in [2.45, 2.75) is 24.9 Å². The Morgan fingerprint density at radius 2 is 1.66 bits per heavy atom. The van der Waals surface area contributed by atoms with E-state index in [4.69, 9.17) is 0 Å². The Hall–Kier alpha value is -3.91. The molecule has 2 amide bonds. The van der Waals surface area contributed by atoms with Crippen LogP contribution in [-0.2, 0) is 9.59 Å². The molecule has 35 heavy (non-hydrogen) atoms. The van der Waals surface area contributed by atoms with Crippen molar-refractivity contribution in [3.63, 3.8) is 0 Å². The summed E-state index contributed by atoms with van der Waals surface area (Å²) in [6, 6.07) is 25.3. The molecule has 3 aromatic carbocycles. The van der Waals surface area contributed by atoms with E-state index in [9.17, 15) is 9.59 Å². The highest BCUT2D eigenvalue weighted by molar-refractivity contribution is 7.99. The van der Waals surface area contributed by atoms with Gasteiger partial charge in [0.1, 0.15) is 0 Å². The van der Waals surface area contributed by atoms with E-state index in [1.165, 1.54) is 11.8 Å². The maximum absolute atomic E-state index is 12.8. The van der Waals surface area contributed by atoms with E-state index in [1.807, 2.05) is 84.3 Å². The second-order valence-electron chi connectivity index (χ2n) is 8.47. The van der Waals surface area contributed by atoms with Crippen LogP contribution in [0.3, 0.4) is 0 Å². The van der Waals surface area contributed by atoms with Gasteiger partial charge in [-0.25, -0.2) is 0 Å². The fourth-order valence-electron chi connectivity index (χ4n) is 3.69. The third-order valence-electron chi connectivity index (χ3n) is 5.74. The number of hydrogen-bond donors (Lipinski definition) is 2. The summed E-state index contributed by atoms with van der Waals surface area (Å²) in [7, 11) is 0. The van der Waals surface area contributed by atoms with Crippen molar-refractivity contribution >= 4 is 35.0 Å². The Labute approximate surface area is 208 Å². The first kappa shape index (κ1) is 22.9. The fraction of sp³-hybridized carbons (Fsp3) is 0.185. The van der Waals surface area contributed by atoms with Crippen LogP contribution in [0.2, 0.25) is 0 Å². The first-order valence-electron chi connectivity index (χ1n) is 11.5. The van der Waals surface area contributed by atoms with Crippen molar-refractivity contribution in [3.8, 4) is 17.1 Å². The van der Waals surface area contributed by atoms with Gasteiger partial charge in [-0.2, -0.15) is 0 Å². The van der Waals surface area contributed by atoms with Crippen LogP contribution in [0.1, 0.15) is 18.4 Å². The number of nitrogens with zero attached hydrogens (tertiary/aromatic N) is 3. The van der Waals surface area contributed by atoms with Crippen molar-refractivity contribution in [1.82, 2.24) is 14.8 Å². The minimum atomic E-state index is -0.160. The Kier molecular flexibility index (Phi) is 6.63. The van der Waals surface area contributed by atoms with Crippen LogP contribution < -0.4 is 10.6 Å². The molecule has 1 aliphatic carbocycles. The quantitative estimate of drug-likeness (QED) is 0.331. The second-order valence-corrected chi connectivity index (χ2v) is 9.42. The molecule has 2 N–H and O–H groups in total. The van der Waals surface area contributed by atoms with Crippen LogP contribution in [0.25, 0.3) is 17.1 Å². The van der Waals surface area contributed by atoms with Crippen molar-refractivity contribution in [2.75, 3.05) is 16.4 Å². The summed E-state index contributed by atoms with van der Waals surface area (Å²) in [5, 5.41) is 15.3. The average molecular weight is 484 g/mol. The standard InChI is InChI=1S/C27H25N5O2S/c1-18-12-15-21(28-26(34)20-13-14-20)16-23(18)29-24(33)17-35-27-31-30-25(19-8-4-2-5-9-19)32(27)22-10-6-3-7-11-22/h2-12,15-16,20H,13-14,17H2,1H3,(H,28,34)(H,29,33). The third kappa shape index (κ3) is 5.44. The van der Waals surface area contributed by atoms with Crippen molar-refractivity contribution in [2.24, 2.45) is 5.92 Å². The smallest absolute Gasteiger partial charge is 0.234 e. The number of hydrogen-bond acceptors (Lipinski definition) is 5. The van der Waals surface area contributed by atoms with Crippen molar-refractivity contribution < 1.29 is 9.59 Å². The van der Waals surface area contributed by atoms with Gasteiger partial charge in [0.05, 0.1) is 5.75 Å². The normalized spacial score (nSPS) is 12.8. The number of aryl methyl sites for hydroxylation is 1. The number of rotatable bonds is 8. The van der Waals surface area contributed by atoms with Gasteiger partial charge in [-0.3, -0.25) is 14.2 Å². The van der Waals surface area contributed by atoms with Crippen molar-refractivity contribution in [3.05, 3.63) is 84.4 Å². The largest absolute Gasteiger partial charge is 0.326 e. The molecule has 0 atom stereocenters. The van der Waals surface area contributed by atoms with Gasteiger partial charge in [-0.1, -0.05) is 66.4 Å². The van der Waals surface area contributed by atoms with Crippen molar-refractivity contribution in [1.29, 1.82) is 0 Å². The molecule has 1 heterocycles. The van der Waals surface area contributed by atoms with Gasteiger partial charge in [0.15, 0.2) is 11.0 Å². The Balaban J connectivity index is 1.31. The minimum Gasteiger partial charge on any atom is -0.326 e. The number of para-hydroxylation sites is 1. The van der Waals surface area contributed by atoms with E-state index in [2.05, 4.69) is 20.8 Å². The summed E-state index contributed by atoms with van der Waals surface area (Å²) in [5.41, 5.74) is 4.16. The van der Waals surface area contributed by atoms with E-state index in [1.54, 1.807) is 6.07 Å². The van der Waals surface area contributed by atoms with Crippen LogP contribution in [0.15, 0.2) is 84.0 Å². The molecule has 0 radical (unpaired) electrons. The SMILES string of the molecule is Cc1ccc(NC(=O)C2CC2)cc1NC(=O)CSc1nnc(-c2ccccc2)n1-c1ccccc1. The summed E-state index contributed by atoms with van der Waals surface area (Å²) in [6.45, 7) is 1.92. The number of carbonyl (C=O) groups excluding carboxylic acids is 2. The molecular formula is C27H25N5O2S. The minimum absolute atomic E-state index is 0.0381. The van der Waals surface area contributed by atoms with E-state index in [0.717, 1.165) is 35.5 Å². The molecule has 1 aliphatic rings. The topological polar surface area (TPSA) is 88.9 Å². The van der Waals surface area contributed by atoms with Gasteiger partial charge < -0.3 is 10.6 Å². The lowest BCUT2D eigenvalue weighted by atomic mass is 10.1. The predicted octanol–water partition coefficient (Wildman–Crippen LogP) is 5.32. The first-order chi connectivity index (χ1) is 17.1. The maximum atomic E-state index is 12.8. The Bertz CT molecular complexity index is 1350. The highest BCUT2D eigenvalue weighted by Crippen LogP contribution is 2.31. The number of anilines is 2. The molecule has 0 aliphatic heterocycles. The van der Waals surface area contributed by atoms with Gasteiger partial charge in [-0.15, -0.1) is 10.2 Å². The molecule has 1 fully saturated rings. The zero-order valence-electron chi connectivity index (χ0n) is 19.3. The van der Waals surface area contributed by atoms with Crippen LogP contribution in [-0.4, -0.2) is 32.3 Å². The highest BCUT2D eigenvalue weighted by Gasteiger charge is 2.29. The molecule has 5 rings (SSSR count). The molecule has 0 spiro atoms. The number of carbonyl (C=O) groups is 2. The van der Waals surface area contributed by atoms with Crippen LogP contribution >= 0.6 is 11.8 Å². The number of thioether (sulfide) groups is 1. The van der Waals surface area contributed by atoms with Gasteiger partial charge in [0.25, 0.3) is 0 Å². The molecule has 176 valence electrons. The monoisotopic (exact) mass is 483 g/mol. The Morgan fingerprint density at radius 3 is 2.37 bits per heavy atom. The molecule has 7 nitrogen and oxygen atoms in total. The van der Waals surface area contributed by atoms with Gasteiger partial charge in [0.2, 0.25) is 11.8 Å². The van der Waals surface area contributed by atoms with Gasteiger partial charge in [-0.05, 0) is 49.6 Å². The number of aromatic nitrogens is 3. The molecule has 0 unspecified atom stereocenters. The van der Waals surface area contributed by atoms with Gasteiger partial charge in [0, 0.05) is 28.5 Å². The summed E-state index contributed by atoms with van der Waals surface area (Å²) in [6.07, 6.45) is 1.89. The zero-order valence-corrected chi connectivity index (χ0v) is 20.1. The van der Waals surface area contributed by atoms with E-state index < -0.39 is 0 Å². The summed E-state index contributed by atoms with van der Waals surface area (Å²) in [4.78, 5) is 24.9. The van der Waals surface area contributed by atoms with E-state index >= 15 is 0 Å². The zero-order chi connectivity index (χ0) is 24.2. The first-order valence-corrected chi connectivity index (χ1v) is 12.5. The van der Waals surface area contributed by atoms with E-state index in [0.29, 0.717) is 16.5 Å². The molecule has 0 saturated heterocycles. The van der Waals surface area contributed by atoms with E-state index in [-0.39, 0.29) is 23.5 Å². The molecule has 1 aromatic heterocycles. The second kappa shape index (κ2) is 10.1. The summed E-state index contributed by atoms with van der Waals surface area (Å²) >= 11 is 1.33. The Morgan fingerprint density at radius 1 is 0.943 bits per heavy atom. The van der Waals surface area contributed by atoms with Crippen LogP contribution in [0, 0.1) is 12.8 Å². The summed E-state index contributed by atoms with van der Waals surface area (Å²) in [5.74, 6) is 0.879. The van der Waals surface area contributed by atoms with Gasteiger partial charge >= 0.3 is 0 Å². The summed E-state index contributed by atoms with van der Waals surface area (Å²) < 4.78 is 1.96. The molecule has 4 aromatic rings. The maximum Gasteiger partial charge on any atom is 0.234 e. The van der Waals surface area contributed by atoms with Crippen LogP contribution in [0.4, 0.5) is 11.4 Å². The van der Waals surface area contributed by atoms with Crippen LogP contribution in [0.5, 0.6) is 0 Å². The fourth-order valence-corrected chi connectivity index (χ4v) is 4.44. The number of benzene rings is 3. The molecular weight excluding hydrogens is 458 g/mol. The third-order valence-corrected chi connectivity index (χ3v) is 6.67. The molecule has 0 bridgehead atoms. The number of nitrogens with one attached hydrogen (secondary N) is 2.